The van der Waals surface area contributed by atoms with E-state index in [0.717, 1.165) is 51.0 Å². The normalized spacial score (nSPS) is 21.3. The van der Waals surface area contributed by atoms with Gasteiger partial charge in [0.2, 0.25) is 0 Å². The summed E-state index contributed by atoms with van der Waals surface area (Å²) in [5.41, 5.74) is 1.04. The van der Waals surface area contributed by atoms with Crippen molar-refractivity contribution < 1.29 is 8.42 Å². The Kier molecular flexibility index (Phi) is 5.93. The highest BCUT2D eigenvalue weighted by molar-refractivity contribution is 7.86. The van der Waals surface area contributed by atoms with Gasteiger partial charge in [0.1, 0.15) is 0 Å². The average Bonchev–Trinajstić information content (AvgIpc) is 3.31. The van der Waals surface area contributed by atoms with Crippen molar-refractivity contribution in [3.05, 3.63) is 29.3 Å². The summed E-state index contributed by atoms with van der Waals surface area (Å²) < 4.78 is 29.2. The van der Waals surface area contributed by atoms with Crippen LogP contribution in [0.5, 0.6) is 0 Å². The van der Waals surface area contributed by atoms with Gasteiger partial charge in [0.15, 0.2) is 0 Å². The molecule has 0 radical (unpaired) electrons. The molecule has 0 bridgehead atoms. The number of aromatic amines is 1. The average molecular weight is 410 g/mol. The largest absolute Gasteiger partial charge is 0.297 e. The summed E-state index contributed by atoms with van der Waals surface area (Å²) in [6.07, 6.45) is 5.75. The Morgan fingerprint density at radius 3 is 2.48 bits per heavy atom. The number of rotatable bonds is 5. The lowest BCUT2D eigenvalue weighted by Crippen LogP contribution is -2.47. The molecule has 2 aliphatic heterocycles. The van der Waals surface area contributed by atoms with Gasteiger partial charge >= 0.3 is 0 Å². The molecule has 4 heterocycles. The van der Waals surface area contributed by atoms with Crippen molar-refractivity contribution >= 4 is 21.5 Å². The van der Waals surface area contributed by atoms with Gasteiger partial charge < -0.3 is 0 Å². The fraction of sp³-hybridized carbons (Fsp3) is 0.611. The number of hydrogen-bond donors (Lipinski definition) is 1. The molecule has 2 aliphatic rings. The zero-order valence-corrected chi connectivity index (χ0v) is 17.1. The van der Waals surface area contributed by atoms with E-state index >= 15 is 0 Å². The minimum absolute atomic E-state index is 0.581. The zero-order chi connectivity index (χ0) is 18.7. The van der Waals surface area contributed by atoms with Crippen molar-refractivity contribution in [2.45, 2.75) is 32.2 Å². The lowest BCUT2D eigenvalue weighted by Gasteiger charge is -2.31. The third kappa shape index (κ3) is 4.43. The van der Waals surface area contributed by atoms with Gasteiger partial charge in [0.05, 0.1) is 10.6 Å². The third-order valence-electron chi connectivity index (χ3n) is 5.32. The van der Waals surface area contributed by atoms with Gasteiger partial charge in [-0.25, -0.2) is 0 Å². The number of H-pyrrole nitrogens is 1. The SMILES string of the molecule is O=S(=O)(N1CCCCC1)N1CCCN(Cc2ccc(-c3ccn[nH]3)s2)CC1. The van der Waals surface area contributed by atoms with Crippen molar-refractivity contribution in [2.75, 3.05) is 39.3 Å². The van der Waals surface area contributed by atoms with Gasteiger partial charge in [-0.2, -0.15) is 22.1 Å². The van der Waals surface area contributed by atoms with Gasteiger partial charge in [-0.3, -0.25) is 10.00 Å². The van der Waals surface area contributed by atoms with E-state index in [0.29, 0.717) is 26.2 Å². The molecule has 4 rings (SSSR count). The van der Waals surface area contributed by atoms with Crippen LogP contribution in [0.4, 0.5) is 0 Å². The Bertz CT molecular complexity index is 828. The quantitative estimate of drug-likeness (QED) is 0.823. The Morgan fingerprint density at radius 1 is 0.926 bits per heavy atom. The summed E-state index contributed by atoms with van der Waals surface area (Å²) in [5, 5.41) is 7.01. The van der Waals surface area contributed by atoms with E-state index in [-0.39, 0.29) is 0 Å². The second kappa shape index (κ2) is 8.40. The number of nitrogens with zero attached hydrogens (tertiary/aromatic N) is 4. The highest BCUT2D eigenvalue weighted by atomic mass is 32.2. The van der Waals surface area contributed by atoms with E-state index in [1.807, 2.05) is 6.07 Å². The molecule has 0 aromatic carbocycles. The summed E-state index contributed by atoms with van der Waals surface area (Å²) in [6.45, 7) is 5.14. The lowest BCUT2D eigenvalue weighted by molar-refractivity contribution is 0.274. The highest BCUT2D eigenvalue weighted by Crippen LogP contribution is 2.27. The van der Waals surface area contributed by atoms with E-state index in [2.05, 4.69) is 27.2 Å². The van der Waals surface area contributed by atoms with Gasteiger partial charge in [-0.15, -0.1) is 11.3 Å². The van der Waals surface area contributed by atoms with Crippen molar-refractivity contribution in [3.63, 3.8) is 0 Å². The summed E-state index contributed by atoms with van der Waals surface area (Å²) in [5.74, 6) is 0. The van der Waals surface area contributed by atoms with Gasteiger partial charge in [0.25, 0.3) is 10.2 Å². The third-order valence-corrected chi connectivity index (χ3v) is 8.46. The second-order valence-corrected chi connectivity index (χ2v) is 10.3. The lowest BCUT2D eigenvalue weighted by atomic mass is 10.2. The summed E-state index contributed by atoms with van der Waals surface area (Å²) in [6, 6.07) is 6.26. The molecule has 0 saturated carbocycles. The summed E-state index contributed by atoms with van der Waals surface area (Å²) in [7, 11) is -3.30. The van der Waals surface area contributed by atoms with Crippen LogP contribution in [0.15, 0.2) is 24.4 Å². The minimum Gasteiger partial charge on any atom is -0.297 e. The first kappa shape index (κ1) is 19.1. The van der Waals surface area contributed by atoms with Crippen LogP contribution in [-0.4, -0.2) is 71.4 Å². The van der Waals surface area contributed by atoms with Crippen molar-refractivity contribution in [3.8, 4) is 10.6 Å². The molecule has 7 nitrogen and oxygen atoms in total. The standard InChI is InChI=1S/C18H27N5O2S2/c24-27(25,22-10-2-1-3-11-22)23-12-4-9-21(13-14-23)15-16-5-6-18(26-16)17-7-8-19-20-17/h5-8H,1-4,9-15H2,(H,19,20). The van der Waals surface area contributed by atoms with E-state index in [1.54, 1.807) is 26.1 Å². The predicted octanol–water partition coefficient (Wildman–Crippen LogP) is 2.38. The maximum Gasteiger partial charge on any atom is 0.282 e. The predicted molar refractivity (Wildman–Crippen MR) is 108 cm³/mol. The molecule has 2 fully saturated rings. The van der Waals surface area contributed by atoms with Crippen molar-refractivity contribution in [1.29, 1.82) is 0 Å². The maximum atomic E-state index is 12.9. The first-order valence-electron chi connectivity index (χ1n) is 9.69. The van der Waals surface area contributed by atoms with E-state index in [9.17, 15) is 8.42 Å². The molecule has 2 aromatic rings. The van der Waals surface area contributed by atoms with Crippen LogP contribution >= 0.6 is 11.3 Å². The molecule has 27 heavy (non-hydrogen) atoms. The number of nitrogens with one attached hydrogen (secondary N) is 1. The molecular formula is C18H27N5O2S2. The Balaban J connectivity index is 1.36. The van der Waals surface area contributed by atoms with Crippen LogP contribution in [0, 0.1) is 0 Å². The number of piperidine rings is 1. The van der Waals surface area contributed by atoms with Crippen LogP contribution in [0.25, 0.3) is 10.6 Å². The molecule has 9 heteroatoms. The minimum atomic E-state index is -3.30. The second-order valence-electron chi connectivity index (χ2n) is 7.23. The van der Waals surface area contributed by atoms with Crippen LogP contribution in [0.2, 0.25) is 0 Å². The first-order valence-corrected chi connectivity index (χ1v) is 11.9. The van der Waals surface area contributed by atoms with E-state index in [4.69, 9.17) is 0 Å². The Morgan fingerprint density at radius 2 is 1.70 bits per heavy atom. The molecule has 0 aliphatic carbocycles. The first-order chi connectivity index (χ1) is 13.1. The molecule has 0 atom stereocenters. The van der Waals surface area contributed by atoms with Crippen LogP contribution in [0.1, 0.15) is 30.6 Å². The molecule has 0 amide bonds. The zero-order valence-electron chi connectivity index (χ0n) is 15.5. The summed E-state index contributed by atoms with van der Waals surface area (Å²) >= 11 is 1.77. The van der Waals surface area contributed by atoms with Gasteiger partial charge in [-0.1, -0.05) is 6.42 Å². The molecular weight excluding hydrogens is 382 g/mol. The van der Waals surface area contributed by atoms with Crippen LogP contribution in [0.3, 0.4) is 0 Å². The van der Waals surface area contributed by atoms with Gasteiger partial charge in [0, 0.05) is 50.3 Å². The molecule has 1 N–H and O–H groups in total. The summed E-state index contributed by atoms with van der Waals surface area (Å²) in [4.78, 5) is 4.85. The number of aromatic nitrogens is 2. The number of thiophene rings is 1. The topological polar surface area (TPSA) is 72.5 Å². The molecule has 0 unspecified atom stereocenters. The number of hydrogen-bond acceptors (Lipinski definition) is 5. The highest BCUT2D eigenvalue weighted by Gasteiger charge is 2.31. The molecule has 2 saturated heterocycles. The fourth-order valence-electron chi connectivity index (χ4n) is 3.82. The Labute approximate surface area is 165 Å². The van der Waals surface area contributed by atoms with Crippen LogP contribution in [-0.2, 0) is 16.8 Å². The maximum absolute atomic E-state index is 12.9. The van der Waals surface area contributed by atoms with Crippen molar-refractivity contribution in [2.24, 2.45) is 0 Å². The molecule has 148 valence electrons. The van der Waals surface area contributed by atoms with Crippen LogP contribution < -0.4 is 0 Å². The van der Waals surface area contributed by atoms with Gasteiger partial charge in [-0.05, 0) is 44.0 Å². The van der Waals surface area contributed by atoms with E-state index < -0.39 is 10.2 Å². The van der Waals surface area contributed by atoms with E-state index in [1.165, 1.54) is 9.75 Å². The monoisotopic (exact) mass is 409 g/mol. The Hall–Kier alpha value is -1.26. The molecule has 0 spiro atoms. The van der Waals surface area contributed by atoms with Crippen molar-refractivity contribution in [1.82, 2.24) is 23.7 Å². The smallest absolute Gasteiger partial charge is 0.282 e. The fourth-order valence-corrected chi connectivity index (χ4v) is 6.56. The molecule has 2 aromatic heterocycles.